The van der Waals surface area contributed by atoms with Crippen LogP contribution in [0, 0.1) is 0 Å². The maximum Gasteiger partial charge on any atom is 0.164 e. The van der Waals surface area contributed by atoms with Crippen LogP contribution in [0.1, 0.15) is 0 Å². The van der Waals surface area contributed by atoms with Crippen LogP contribution in [-0.4, -0.2) is 15.0 Å². The van der Waals surface area contributed by atoms with E-state index in [1.54, 1.807) is 0 Å². The molecule has 1 heterocycles. The molecule has 0 aliphatic heterocycles. The molecule has 4 nitrogen and oxygen atoms in total. The molecule has 154 valence electrons. The number of hydrogen-bond acceptors (Lipinski definition) is 4. The highest BCUT2D eigenvalue weighted by atomic mass is 79.9. The van der Waals surface area contributed by atoms with Crippen LogP contribution in [0.5, 0.6) is 0 Å². The van der Waals surface area contributed by atoms with Gasteiger partial charge in [-0.2, -0.15) is 0 Å². The van der Waals surface area contributed by atoms with E-state index >= 15 is 0 Å². The summed E-state index contributed by atoms with van der Waals surface area (Å²) in [6.07, 6.45) is 0. The van der Waals surface area contributed by atoms with Gasteiger partial charge in [-0.1, -0.05) is 97.1 Å². The smallest absolute Gasteiger partial charge is 0.164 e. The minimum atomic E-state index is 0.631. The first kappa shape index (κ1) is 20.1. The molecule has 0 aliphatic carbocycles. The van der Waals surface area contributed by atoms with Crippen LogP contribution in [0.4, 0.5) is 5.69 Å². The molecule has 0 saturated carbocycles. The molecule has 0 saturated heterocycles. The summed E-state index contributed by atoms with van der Waals surface area (Å²) in [6, 6.07) is 34.0. The molecule has 5 aromatic rings. The molecule has 0 radical (unpaired) electrons. The molecule has 4 aromatic carbocycles. The van der Waals surface area contributed by atoms with Gasteiger partial charge in [0.15, 0.2) is 17.5 Å². The lowest BCUT2D eigenvalue weighted by Crippen LogP contribution is -2.00. The first-order chi connectivity index (χ1) is 15.7. The van der Waals surface area contributed by atoms with E-state index in [1.807, 2.05) is 103 Å². The second-order valence-corrected chi connectivity index (χ2v) is 8.17. The first-order valence-electron chi connectivity index (χ1n) is 10.2. The molecule has 5 rings (SSSR count). The van der Waals surface area contributed by atoms with Crippen molar-refractivity contribution in [1.82, 2.24) is 15.0 Å². The van der Waals surface area contributed by atoms with Crippen LogP contribution in [0.2, 0.25) is 0 Å². The topological polar surface area (TPSA) is 64.7 Å². The molecular formula is C27H19BrN4. The van der Waals surface area contributed by atoms with Crippen molar-refractivity contribution in [1.29, 1.82) is 0 Å². The SMILES string of the molecule is Nc1c(Br)cccc1-c1ccc(-c2nc(-c3ccccc3)nc(-c3ccccc3)n2)cc1. The van der Waals surface area contributed by atoms with Crippen molar-refractivity contribution >= 4 is 21.6 Å². The number of aromatic nitrogens is 3. The summed E-state index contributed by atoms with van der Waals surface area (Å²) < 4.78 is 0.886. The highest BCUT2D eigenvalue weighted by molar-refractivity contribution is 9.10. The summed E-state index contributed by atoms with van der Waals surface area (Å²) >= 11 is 3.50. The number of rotatable bonds is 4. The third kappa shape index (κ3) is 4.03. The molecule has 0 bridgehead atoms. The van der Waals surface area contributed by atoms with E-state index < -0.39 is 0 Å². The van der Waals surface area contributed by atoms with E-state index in [2.05, 4.69) is 15.9 Å². The molecule has 2 N–H and O–H groups in total. The van der Waals surface area contributed by atoms with Gasteiger partial charge in [-0.25, -0.2) is 15.0 Å². The number of anilines is 1. The summed E-state index contributed by atoms with van der Waals surface area (Å²) in [6.45, 7) is 0. The third-order valence-corrected chi connectivity index (χ3v) is 5.90. The average molecular weight is 479 g/mol. The average Bonchev–Trinajstić information content (AvgIpc) is 2.87. The quantitative estimate of drug-likeness (QED) is 0.285. The number of nitrogens with zero attached hydrogens (tertiary/aromatic N) is 3. The first-order valence-corrected chi connectivity index (χ1v) is 11.0. The van der Waals surface area contributed by atoms with Crippen molar-refractivity contribution in [3.63, 3.8) is 0 Å². The number of nitrogens with two attached hydrogens (primary N) is 1. The fraction of sp³-hybridized carbons (Fsp3) is 0. The Kier molecular flexibility index (Phi) is 5.48. The Morgan fingerprint density at radius 1 is 0.469 bits per heavy atom. The Hall–Kier alpha value is -3.83. The van der Waals surface area contributed by atoms with E-state index in [0.717, 1.165) is 38.0 Å². The van der Waals surface area contributed by atoms with E-state index in [4.69, 9.17) is 20.7 Å². The largest absolute Gasteiger partial charge is 0.397 e. The summed E-state index contributed by atoms with van der Waals surface area (Å²) in [5.74, 6) is 1.93. The van der Waals surface area contributed by atoms with E-state index in [1.165, 1.54) is 0 Å². The Morgan fingerprint density at radius 2 is 0.906 bits per heavy atom. The van der Waals surface area contributed by atoms with Crippen molar-refractivity contribution in [3.8, 4) is 45.3 Å². The predicted molar refractivity (Wildman–Crippen MR) is 134 cm³/mol. The Labute approximate surface area is 195 Å². The van der Waals surface area contributed by atoms with E-state index in [0.29, 0.717) is 17.5 Å². The van der Waals surface area contributed by atoms with Crippen molar-refractivity contribution in [2.75, 3.05) is 5.73 Å². The van der Waals surface area contributed by atoms with Gasteiger partial charge >= 0.3 is 0 Å². The summed E-state index contributed by atoms with van der Waals surface area (Å²) in [4.78, 5) is 14.3. The molecule has 32 heavy (non-hydrogen) atoms. The molecular weight excluding hydrogens is 460 g/mol. The fourth-order valence-electron chi connectivity index (χ4n) is 3.53. The van der Waals surface area contributed by atoms with Crippen molar-refractivity contribution in [2.24, 2.45) is 0 Å². The summed E-state index contributed by atoms with van der Waals surface area (Å²) in [5, 5.41) is 0. The lowest BCUT2D eigenvalue weighted by molar-refractivity contribution is 1.07. The van der Waals surface area contributed by atoms with Gasteiger partial charge in [-0.05, 0) is 27.6 Å². The van der Waals surface area contributed by atoms with Gasteiger partial charge in [0.05, 0.1) is 5.69 Å². The van der Waals surface area contributed by atoms with E-state index in [9.17, 15) is 0 Å². The monoisotopic (exact) mass is 478 g/mol. The lowest BCUT2D eigenvalue weighted by Gasteiger charge is -2.10. The second-order valence-electron chi connectivity index (χ2n) is 7.32. The van der Waals surface area contributed by atoms with Crippen LogP contribution < -0.4 is 5.73 Å². The van der Waals surface area contributed by atoms with Crippen molar-refractivity contribution < 1.29 is 0 Å². The molecule has 5 heteroatoms. The van der Waals surface area contributed by atoms with Crippen LogP contribution in [0.15, 0.2) is 108 Å². The molecule has 0 atom stereocenters. The number of hydrogen-bond donors (Lipinski definition) is 1. The normalized spacial score (nSPS) is 10.8. The number of nitrogen functional groups attached to an aromatic ring is 1. The molecule has 0 spiro atoms. The third-order valence-electron chi connectivity index (χ3n) is 5.21. The molecule has 0 aliphatic rings. The van der Waals surface area contributed by atoms with Gasteiger partial charge in [-0.3, -0.25) is 0 Å². The van der Waals surface area contributed by atoms with Crippen LogP contribution in [0.3, 0.4) is 0 Å². The van der Waals surface area contributed by atoms with Crippen molar-refractivity contribution in [2.45, 2.75) is 0 Å². The van der Waals surface area contributed by atoms with Gasteiger partial charge in [0.1, 0.15) is 0 Å². The zero-order valence-corrected chi connectivity index (χ0v) is 18.7. The number of benzene rings is 4. The number of para-hydroxylation sites is 1. The molecule has 0 amide bonds. The van der Waals surface area contributed by atoms with Crippen LogP contribution >= 0.6 is 15.9 Å². The molecule has 0 fully saturated rings. The van der Waals surface area contributed by atoms with Crippen molar-refractivity contribution in [3.05, 3.63) is 108 Å². The maximum atomic E-state index is 6.25. The summed E-state index contributed by atoms with van der Waals surface area (Å²) in [5.41, 5.74) is 11.8. The maximum absolute atomic E-state index is 6.25. The minimum absolute atomic E-state index is 0.631. The minimum Gasteiger partial charge on any atom is -0.397 e. The standard InChI is InChI=1S/C27H19BrN4/c28-23-13-7-12-22(24(23)29)18-14-16-21(17-15-18)27-31-25(19-8-3-1-4-9-19)30-26(32-27)20-10-5-2-6-11-20/h1-17H,29H2. The van der Waals surface area contributed by atoms with Gasteiger partial charge in [-0.15, -0.1) is 0 Å². The lowest BCUT2D eigenvalue weighted by atomic mass is 10.0. The van der Waals surface area contributed by atoms with E-state index in [-0.39, 0.29) is 0 Å². The highest BCUT2D eigenvalue weighted by Crippen LogP contribution is 2.33. The van der Waals surface area contributed by atoms with Gasteiger partial charge in [0.25, 0.3) is 0 Å². The fourth-order valence-corrected chi connectivity index (χ4v) is 3.89. The van der Waals surface area contributed by atoms with Gasteiger partial charge in [0, 0.05) is 26.7 Å². The second kappa shape index (κ2) is 8.73. The van der Waals surface area contributed by atoms with Crippen LogP contribution in [0.25, 0.3) is 45.3 Å². The Morgan fingerprint density at radius 3 is 1.41 bits per heavy atom. The Balaban J connectivity index is 1.60. The summed E-state index contributed by atoms with van der Waals surface area (Å²) in [7, 11) is 0. The predicted octanol–water partition coefficient (Wildman–Crippen LogP) is 6.88. The molecule has 0 unspecified atom stereocenters. The van der Waals surface area contributed by atoms with Gasteiger partial charge < -0.3 is 5.73 Å². The molecule has 1 aromatic heterocycles. The zero-order chi connectivity index (χ0) is 21.9. The zero-order valence-electron chi connectivity index (χ0n) is 17.1. The van der Waals surface area contributed by atoms with Gasteiger partial charge in [0.2, 0.25) is 0 Å². The number of halogens is 1. The highest BCUT2D eigenvalue weighted by Gasteiger charge is 2.12. The Bertz CT molecular complexity index is 1310. The van der Waals surface area contributed by atoms with Crippen LogP contribution in [-0.2, 0) is 0 Å².